The third-order valence-corrected chi connectivity index (χ3v) is 4.55. The number of benzene rings is 3. The van der Waals surface area contributed by atoms with Gasteiger partial charge in [0.25, 0.3) is 0 Å². The van der Waals surface area contributed by atoms with Crippen LogP contribution < -0.4 is 4.74 Å². The van der Waals surface area contributed by atoms with Crippen molar-refractivity contribution in [2.24, 2.45) is 7.05 Å². The summed E-state index contributed by atoms with van der Waals surface area (Å²) in [6, 6.07) is 29.1. The zero-order valence-corrected chi connectivity index (χ0v) is 14.8. The lowest BCUT2D eigenvalue weighted by Crippen LogP contribution is -1.95. The van der Waals surface area contributed by atoms with Crippen molar-refractivity contribution in [2.45, 2.75) is 6.61 Å². The average molecular weight is 339 g/mol. The number of hydrogen-bond donors (Lipinski definition) is 0. The minimum atomic E-state index is 0.583. The SMILES string of the molecule is Cn1c(/C=C/c2ccccc2)cc2cc(OCc3ccccc3)ccc21. The van der Waals surface area contributed by atoms with E-state index in [0.29, 0.717) is 6.61 Å². The van der Waals surface area contributed by atoms with Gasteiger partial charge in [-0.15, -0.1) is 0 Å². The van der Waals surface area contributed by atoms with Gasteiger partial charge in [-0.1, -0.05) is 66.7 Å². The van der Waals surface area contributed by atoms with Crippen molar-refractivity contribution < 1.29 is 4.74 Å². The summed E-state index contributed by atoms with van der Waals surface area (Å²) in [6.07, 6.45) is 4.29. The van der Waals surface area contributed by atoms with E-state index < -0.39 is 0 Å². The summed E-state index contributed by atoms with van der Waals surface area (Å²) in [5.74, 6) is 0.894. The predicted molar refractivity (Wildman–Crippen MR) is 109 cm³/mol. The van der Waals surface area contributed by atoms with Gasteiger partial charge in [0, 0.05) is 23.6 Å². The highest BCUT2D eigenvalue weighted by Crippen LogP contribution is 2.25. The molecule has 0 amide bonds. The van der Waals surface area contributed by atoms with Gasteiger partial charge in [0.2, 0.25) is 0 Å². The highest BCUT2D eigenvalue weighted by molar-refractivity contribution is 5.86. The van der Waals surface area contributed by atoms with Crippen molar-refractivity contribution in [1.82, 2.24) is 4.57 Å². The van der Waals surface area contributed by atoms with Crippen molar-refractivity contribution >= 4 is 23.1 Å². The van der Waals surface area contributed by atoms with Gasteiger partial charge in [-0.25, -0.2) is 0 Å². The van der Waals surface area contributed by atoms with E-state index >= 15 is 0 Å². The lowest BCUT2D eigenvalue weighted by Gasteiger charge is -2.06. The Morgan fingerprint density at radius 1 is 0.808 bits per heavy atom. The molecule has 0 spiro atoms. The van der Waals surface area contributed by atoms with Crippen molar-refractivity contribution in [2.75, 3.05) is 0 Å². The molecule has 1 heterocycles. The topological polar surface area (TPSA) is 14.2 Å². The first-order chi connectivity index (χ1) is 12.8. The standard InChI is InChI=1S/C24H21NO/c1-25-22(13-12-19-8-4-2-5-9-19)16-21-17-23(14-15-24(21)25)26-18-20-10-6-3-7-11-20/h2-17H,18H2,1H3/b13-12+. The molecule has 0 N–H and O–H groups in total. The van der Waals surface area contributed by atoms with Crippen LogP contribution in [0.2, 0.25) is 0 Å². The lowest BCUT2D eigenvalue weighted by atomic mass is 10.2. The maximum atomic E-state index is 5.95. The van der Waals surface area contributed by atoms with Crippen molar-refractivity contribution in [3.05, 3.63) is 102 Å². The summed E-state index contributed by atoms with van der Waals surface area (Å²) in [5.41, 5.74) is 4.74. The van der Waals surface area contributed by atoms with E-state index in [9.17, 15) is 0 Å². The normalized spacial score (nSPS) is 11.3. The Morgan fingerprint density at radius 3 is 2.31 bits per heavy atom. The van der Waals surface area contributed by atoms with Gasteiger partial charge >= 0.3 is 0 Å². The Bertz CT molecular complexity index is 1030. The Balaban J connectivity index is 1.56. The molecule has 0 fully saturated rings. The van der Waals surface area contributed by atoms with Crippen LogP contribution in [0.25, 0.3) is 23.1 Å². The molecule has 0 aliphatic rings. The molecule has 0 radical (unpaired) electrons. The molecule has 0 bridgehead atoms. The molecule has 0 saturated carbocycles. The number of nitrogens with zero attached hydrogens (tertiary/aromatic N) is 1. The highest BCUT2D eigenvalue weighted by Gasteiger charge is 2.05. The van der Waals surface area contributed by atoms with E-state index in [4.69, 9.17) is 4.74 Å². The van der Waals surface area contributed by atoms with Crippen LogP contribution in [-0.2, 0) is 13.7 Å². The Labute approximate surface area is 154 Å². The molecular formula is C24H21NO. The molecule has 128 valence electrons. The molecule has 2 heteroatoms. The summed E-state index contributed by atoms with van der Waals surface area (Å²) < 4.78 is 8.16. The van der Waals surface area contributed by atoms with Crippen molar-refractivity contribution in [3.8, 4) is 5.75 Å². The smallest absolute Gasteiger partial charge is 0.120 e. The van der Waals surface area contributed by atoms with Gasteiger partial charge in [-0.2, -0.15) is 0 Å². The molecule has 2 nitrogen and oxygen atoms in total. The first kappa shape index (κ1) is 16.2. The van der Waals surface area contributed by atoms with Gasteiger partial charge in [0.15, 0.2) is 0 Å². The zero-order valence-electron chi connectivity index (χ0n) is 14.8. The Morgan fingerprint density at radius 2 is 1.54 bits per heavy atom. The average Bonchev–Trinajstić information content (AvgIpc) is 3.01. The third kappa shape index (κ3) is 3.55. The van der Waals surface area contributed by atoms with Crippen molar-refractivity contribution in [3.63, 3.8) is 0 Å². The second-order valence-corrected chi connectivity index (χ2v) is 6.37. The van der Waals surface area contributed by atoms with Crippen LogP contribution >= 0.6 is 0 Å². The molecular weight excluding hydrogens is 318 g/mol. The lowest BCUT2D eigenvalue weighted by molar-refractivity contribution is 0.306. The maximum absolute atomic E-state index is 5.95. The molecule has 4 aromatic rings. The quantitative estimate of drug-likeness (QED) is 0.440. The van der Waals surface area contributed by atoms with Gasteiger partial charge in [-0.3, -0.25) is 0 Å². The molecule has 0 aliphatic heterocycles. The summed E-state index contributed by atoms with van der Waals surface area (Å²) in [4.78, 5) is 0. The molecule has 0 atom stereocenters. The Hall–Kier alpha value is -3.26. The number of ether oxygens (including phenoxy) is 1. The molecule has 0 aliphatic carbocycles. The van der Waals surface area contributed by atoms with E-state index in [1.54, 1.807) is 0 Å². The summed E-state index contributed by atoms with van der Waals surface area (Å²) >= 11 is 0. The molecule has 1 aromatic heterocycles. The maximum Gasteiger partial charge on any atom is 0.120 e. The number of rotatable bonds is 5. The Kier molecular flexibility index (Phi) is 4.57. The van der Waals surface area contributed by atoms with Gasteiger partial charge in [0.1, 0.15) is 12.4 Å². The summed E-state index contributed by atoms with van der Waals surface area (Å²) in [6.45, 7) is 0.583. The first-order valence-corrected chi connectivity index (χ1v) is 8.79. The van der Waals surface area contributed by atoms with Crippen LogP contribution in [0.4, 0.5) is 0 Å². The van der Waals surface area contributed by atoms with Crippen LogP contribution in [0, 0.1) is 0 Å². The third-order valence-electron chi connectivity index (χ3n) is 4.55. The molecule has 3 aromatic carbocycles. The molecule has 0 unspecified atom stereocenters. The monoisotopic (exact) mass is 339 g/mol. The number of aromatic nitrogens is 1. The highest BCUT2D eigenvalue weighted by atomic mass is 16.5. The van der Waals surface area contributed by atoms with Crippen LogP contribution in [0.3, 0.4) is 0 Å². The van der Waals surface area contributed by atoms with Crippen LogP contribution in [0.15, 0.2) is 84.9 Å². The minimum Gasteiger partial charge on any atom is -0.489 e. The van der Waals surface area contributed by atoms with Crippen LogP contribution in [-0.4, -0.2) is 4.57 Å². The van der Waals surface area contributed by atoms with E-state index in [-0.39, 0.29) is 0 Å². The number of aryl methyl sites for hydroxylation is 1. The zero-order chi connectivity index (χ0) is 17.8. The van der Waals surface area contributed by atoms with Crippen LogP contribution in [0.1, 0.15) is 16.8 Å². The number of fused-ring (bicyclic) bond motifs is 1. The van der Waals surface area contributed by atoms with E-state index in [1.807, 2.05) is 30.3 Å². The van der Waals surface area contributed by atoms with Crippen molar-refractivity contribution in [1.29, 1.82) is 0 Å². The molecule has 26 heavy (non-hydrogen) atoms. The fraction of sp³-hybridized carbons (Fsp3) is 0.0833. The van der Waals surface area contributed by atoms with Gasteiger partial charge in [0.05, 0.1) is 0 Å². The summed E-state index contributed by atoms with van der Waals surface area (Å²) in [7, 11) is 2.09. The van der Waals surface area contributed by atoms with Crippen LogP contribution in [0.5, 0.6) is 5.75 Å². The van der Waals surface area contributed by atoms with E-state index in [0.717, 1.165) is 5.75 Å². The predicted octanol–water partition coefficient (Wildman–Crippen LogP) is 5.93. The van der Waals surface area contributed by atoms with Gasteiger partial charge in [-0.05, 0) is 41.5 Å². The molecule has 4 rings (SSSR count). The molecule has 0 saturated heterocycles. The second kappa shape index (κ2) is 7.32. The van der Waals surface area contributed by atoms with E-state index in [2.05, 4.69) is 78.4 Å². The van der Waals surface area contributed by atoms with Gasteiger partial charge < -0.3 is 9.30 Å². The van der Waals surface area contributed by atoms with E-state index in [1.165, 1.54) is 27.7 Å². The second-order valence-electron chi connectivity index (χ2n) is 6.37. The minimum absolute atomic E-state index is 0.583. The summed E-state index contributed by atoms with van der Waals surface area (Å²) in [5, 5.41) is 1.19. The number of hydrogen-bond acceptors (Lipinski definition) is 1. The first-order valence-electron chi connectivity index (χ1n) is 8.79. The fourth-order valence-corrected chi connectivity index (χ4v) is 3.09. The fourth-order valence-electron chi connectivity index (χ4n) is 3.09. The largest absolute Gasteiger partial charge is 0.489 e.